The smallest absolute Gasteiger partial charge is 0.326 e. The minimum absolute atomic E-state index is 0.135. The van der Waals surface area contributed by atoms with Crippen LogP contribution in [0.5, 0.6) is 0 Å². The lowest BCUT2D eigenvalue weighted by atomic mass is 10.0. The third-order valence-corrected chi connectivity index (χ3v) is 4.26. The van der Waals surface area contributed by atoms with Crippen LogP contribution in [0.4, 0.5) is 0 Å². The summed E-state index contributed by atoms with van der Waals surface area (Å²) in [5.41, 5.74) is 0. The van der Waals surface area contributed by atoms with Crippen LogP contribution in [0, 0.1) is 11.8 Å². The van der Waals surface area contributed by atoms with Crippen molar-refractivity contribution in [2.75, 3.05) is 0 Å². The SMILES string of the molecule is CC(C)C[C@@H](NC(=O)[C@@H](CC(C)C)NC(=O)c1cccs1)C(=O)O. The van der Waals surface area contributed by atoms with Gasteiger partial charge in [0.25, 0.3) is 5.91 Å². The highest BCUT2D eigenvalue weighted by atomic mass is 32.1. The molecule has 1 aromatic heterocycles. The number of carboxylic acid groups (broad SMARTS) is 1. The Hall–Kier alpha value is -1.89. The first-order valence-corrected chi connectivity index (χ1v) is 8.96. The average Bonchev–Trinajstić information content (AvgIpc) is 2.98. The third kappa shape index (κ3) is 6.70. The predicted octanol–water partition coefficient (Wildman–Crippen LogP) is 2.51. The van der Waals surface area contributed by atoms with Gasteiger partial charge >= 0.3 is 5.97 Å². The van der Waals surface area contributed by atoms with Crippen molar-refractivity contribution < 1.29 is 19.5 Å². The first kappa shape index (κ1) is 20.2. The monoisotopic (exact) mass is 354 g/mol. The van der Waals surface area contributed by atoms with E-state index in [0.717, 1.165) is 0 Å². The molecule has 1 heterocycles. The minimum atomic E-state index is -1.06. The first-order valence-electron chi connectivity index (χ1n) is 8.08. The highest BCUT2D eigenvalue weighted by Crippen LogP contribution is 2.12. The largest absolute Gasteiger partial charge is 0.480 e. The van der Waals surface area contributed by atoms with Gasteiger partial charge in [-0.05, 0) is 36.1 Å². The molecule has 1 rings (SSSR count). The molecule has 0 bridgehead atoms. The predicted molar refractivity (Wildman–Crippen MR) is 94.0 cm³/mol. The van der Waals surface area contributed by atoms with E-state index >= 15 is 0 Å². The average molecular weight is 354 g/mol. The second-order valence-corrected chi connectivity index (χ2v) is 7.61. The molecule has 0 aliphatic rings. The van der Waals surface area contributed by atoms with Crippen molar-refractivity contribution in [1.29, 1.82) is 0 Å². The van der Waals surface area contributed by atoms with Crippen LogP contribution in [-0.4, -0.2) is 35.0 Å². The van der Waals surface area contributed by atoms with Gasteiger partial charge in [-0.1, -0.05) is 33.8 Å². The fraction of sp³-hybridized carbons (Fsp3) is 0.588. The van der Waals surface area contributed by atoms with Gasteiger partial charge in [-0.3, -0.25) is 9.59 Å². The molecule has 6 nitrogen and oxygen atoms in total. The van der Waals surface area contributed by atoms with Gasteiger partial charge in [0.1, 0.15) is 12.1 Å². The van der Waals surface area contributed by atoms with Gasteiger partial charge in [0.2, 0.25) is 5.91 Å². The van der Waals surface area contributed by atoms with Crippen LogP contribution in [-0.2, 0) is 9.59 Å². The molecule has 0 fully saturated rings. The van der Waals surface area contributed by atoms with Crippen molar-refractivity contribution in [3.63, 3.8) is 0 Å². The quantitative estimate of drug-likeness (QED) is 0.635. The number of rotatable bonds is 9. The van der Waals surface area contributed by atoms with E-state index in [4.69, 9.17) is 0 Å². The lowest BCUT2D eigenvalue weighted by Gasteiger charge is -2.23. The van der Waals surface area contributed by atoms with E-state index in [-0.39, 0.29) is 17.7 Å². The number of carboxylic acids is 1. The molecular formula is C17H26N2O4S. The first-order chi connectivity index (χ1) is 11.2. The van der Waals surface area contributed by atoms with Crippen molar-refractivity contribution in [2.24, 2.45) is 11.8 Å². The fourth-order valence-electron chi connectivity index (χ4n) is 2.31. The van der Waals surface area contributed by atoms with Crippen LogP contribution in [0.25, 0.3) is 0 Å². The molecule has 0 unspecified atom stereocenters. The van der Waals surface area contributed by atoms with Crippen LogP contribution < -0.4 is 10.6 Å². The van der Waals surface area contributed by atoms with Gasteiger partial charge in [0, 0.05) is 0 Å². The van der Waals surface area contributed by atoms with Crippen LogP contribution in [0.1, 0.15) is 50.2 Å². The molecule has 2 atom stereocenters. The van der Waals surface area contributed by atoms with Gasteiger partial charge in [-0.15, -0.1) is 11.3 Å². The Balaban J connectivity index is 2.80. The number of hydrogen-bond acceptors (Lipinski definition) is 4. The zero-order chi connectivity index (χ0) is 18.3. The number of hydrogen-bond donors (Lipinski definition) is 3. The molecule has 0 aromatic carbocycles. The lowest BCUT2D eigenvalue weighted by Crippen LogP contribution is -2.52. The molecule has 0 saturated carbocycles. The van der Waals surface area contributed by atoms with Crippen molar-refractivity contribution >= 4 is 29.1 Å². The van der Waals surface area contributed by atoms with Crippen LogP contribution >= 0.6 is 11.3 Å². The second-order valence-electron chi connectivity index (χ2n) is 6.66. The van der Waals surface area contributed by atoms with Crippen molar-refractivity contribution in [1.82, 2.24) is 10.6 Å². The maximum absolute atomic E-state index is 12.5. The summed E-state index contributed by atoms with van der Waals surface area (Å²) in [5.74, 6) is -1.53. The maximum Gasteiger partial charge on any atom is 0.326 e. The van der Waals surface area contributed by atoms with E-state index in [0.29, 0.717) is 17.7 Å². The Labute approximate surface area is 146 Å². The molecule has 0 saturated heterocycles. The molecule has 1 aromatic rings. The van der Waals surface area contributed by atoms with Crippen LogP contribution in [0.3, 0.4) is 0 Å². The Kier molecular flexibility index (Phi) is 7.91. The normalized spacial score (nSPS) is 13.6. The summed E-state index contributed by atoms with van der Waals surface area (Å²) < 4.78 is 0. The molecular weight excluding hydrogens is 328 g/mol. The van der Waals surface area contributed by atoms with Crippen molar-refractivity contribution in [2.45, 2.75) is 52.6 Å². The number of nitrogens with one attached hydrogen (secondary N) is 2. The maximum atomic E-state index is 12.5. The Bertz CT molecular complexity index is 555. The summed E-state index contributed by atoms with van der Waals surface area (Å²) in [6, 6.07) is 1.74. The van der Waals surface area contributed by atoms with Crippen molar-refractivity contribution in [3.8, 4) is 0 Å². The summed E-state index contributed by atoms with van der Waals surface area (Å²) in [4.78, 5) is 36.5. The van der Waals surface area contributed by atoms with E-state index in [1.54, 1.807) is 17.5 Å². The Morgan fingerprint density at radius 2 is 1.62 bits per heavy atom. The molecule has 24 heavy (non-hydrogen) atoms. The lowest BCUT2D eigenvalue weighted by molar-refractivity contribution is -0.142. The summed E-state index contributed by atoms with van der Waals surface area (Å²) in [6.45, 7) is 7.68. The number of amides is 2. The summed E-state index contributed by atoms with van der Waals surface area (Å²) in [5, 5.41) is 16.3. The standard InChI is InChI=1S/C17H26N2O4S/c1-10(2)8-12(18-16(21)14-6-5-7-24-14)15(20)19-13(17(22)23)9-11(3)4/h5-7,10-13H,8-9H2,1-4H3,(H,18,21)(H,19,20)(H,22,23)/t12-,13-/m1/s1. The van der Waals surface area contributed by atoms with Gasteiger partial charge in [-0.25, -0.2) is 4.79 Å². The molecule has 134 valence electrons. The zero-order valence-corrected chi connectivity index (χ0v) is 15.4. The number of carbonyl (C=O) groups excluding carboxylic acids is 2. The Morgan fingerprint density at radius 1 is 1.04 bits per heavy atom. The fourth-order valence-corrected chi connectivity index (χ4v) is 2.93. The van der Waals surface area contributed by atoms with Crippen molar-refractivity contribution in [3.05, 3.63) is 22.4 Å². The minimum Gasteiger partial charge on any atom is -0.480 e. The second kappa shape index (κ2) is 9.42. The molecule has 0 spiro atoms. The van der Waals surface area contributed by atoms with Crippen LogP contribution in [0.15, 0.2) is 17.5 Å². The van der Waals surface area contributed by atoms with E-state index in [2.05, 4.69) is 10.6 Å². The zero-order valence-electron chi connectivity index (χ0n) is 14.5. The molecule has 0 aliphatic heterocycles. The highest BCUT2D eigenvalue weighted by Gasteiger charge is 2.28. The molecule has 0 aliphatic carbocycles. The van der Waals surface area contributed by atoms with E-state index in [1.165, 1.54) is 11.3 Å². The van der Waals surface area contributed by atoms with Gasteiger partial charge in [0.05, 0.1) is 4.88 Å². The van der Waals surface area contributed by atoms with Gasteiger partial charge in [-0.2, -0.15) is 0 Å². The molecule has 2 amide bonds. The van der Waals surface area contributed by atoms with Gasteiger partial charge < -0.3 is 15.7 Å². The summed E-state index contributed by atoms with van der Waals surface area (Å²) in [6.07, 6.45) is 0.783. The molecule has 3 N–H and O–H groups in total. The van der Waals surface area contributed by atoms with Gasteiger partial charge in [0.15, 0.2) is 0 Å². The number of thiophene rings is 1. The Morgan fingerprint density at radius 3 is 2.08 bits per heavy atom. The summed E-state index contributed by atoms with van der Waals surface area (Å²) in [7, 11) is 0. The van der Waals surface area contributed by atoms with E-state index in [1.807, 2.05) is 27.7 Å². The number of aliphatic carboxylic acids is 1. The van der Waals surface area contributed by atoms with Crippen LogP contribution in [0.2, 0.25) is 0 Å². The third-order valence-electron chi connectivity index (χ3n) is 3.40. The summed E-state index contributed by atoms with van der Waals surface area (Å²) >= 11 is 1.29. The highest BCUT2D eigenvalue weighted by molar-refractivity contribution is 7.12. The van der Waals surface area contributed by atoms with E-state index in [9.17, 15) is 19.5 Å². The van der Waals surface area contributed by atoms with E-state index < -0.39 is 24.0 Å². The molecule has 0 radical (unpaired) electrons. The number of carbonyl (C=O) groups is 3. The topological polar surface area (TPSA) is 95.5 Å². The molecule has 7 heteroatoms.